The molecule has 0 spiro atoms. The average Bonchev–Trinajstić information content (AvgIpc) is 3.65. The van der Waals surface area contributed by atoms with Gasteiger partial charge in [0, 0.05) is 48.7 Å². The van der Waals surface area contributed by atoms with E-state index in [9.17, 15) is 18.0 Å². The summed E-state index contributed by atoms with van der Waals surface area (Å²) in [5.41, 5.74) is 3.32. The molecule has 5 heterocycles. The maximum Gasteiger partial charge on any atom is 0.416 e. The fourth-order valence-electron chi connectivity index (χ4n) is 5.28. The Morgan fingerprint density at radius 2 is 1.92 bits per heavy atom. The number of hydrogen-bond donors (Lipinski definition) is 1. The summed E-state index contributed by atoms with van der Waals surface area (Å²) in [5, 5.41) is 11.0. The summed E-state index contributed by atoms with van der Waals surface area (Å²) in [6.07, 6.45) is 3.01. The zero-order chi connectivity index (χ0) is 27.3. The molecule has 0 radical (unpaired) electrons. The van der Waals surface area contributed by atoms with Crippen molar-refractivity contribution in [2.24, 2.45) is 0 Å². The van der Waals surface area contributed by atoms with Gasteiger partial charge >= 0.3 is 6.18 Å². The van der Waals surface area contributed by atoms with Crippen molar-refractivity contribution in [2.75, 3.05) is 30.4 Å². The molecule has 1 amide bonds. The third-order valence-corrected chi connectivity index (χ3v) is 7.41. The van der Waals surface area contributed by atoms with Crippen LogP contribution in [-0.2, 0) is 6.18 Å². The molecule has 1 N–H and O–H groups in total. The maximum absolute atomic E-state index is 13.0. The molecule has 9 nitrogen and oxygen atoms in total. The molecule has 4 aromatic rings. The number of aryl methyl sites for hydroxylation is 1. The highest BCUT2D eigenvalue weighted by atomic mass is 19.4. The number of aromatic nitrogens is 5. The normalized spacial score (nSPS) is 19.1. The summed E-state index contributed by atoms with van der Waals surface area (Å²) in [7, 11) is 2.16. The highest BCUT2D eigenvalue weighted by molar-refractivity contribution is 6.04. The largest absolute Gasteiger partial charge is 0.416 e. The van der Waals surface area contributed by atoms with Gasteiger partial charge in [0.15, 0.2) is 0 Å². The summed E-state index contributed by atoms with van der Waals surface area (Å²) in [6, 6.07) is 9.71. The Morgan fingerprint density at radius 3 is 2.67 bits per heavy atom. The number of nitrogens with zero attached hydrogens (tertiary/aromatic N) is 7. The quantitative estimate of drug-likeness (QED) is 0.410. The molecule has 3 aromatic heterocycles. The molecule has 200 valence electrons. The number of nitrogens with one attached hydrogen (secondary N) is 1. The minimum Gasteiger partial charge on any atom is -0.364 e. The molecule has 2 aliphatic heterocycles. The summed E-state index contributed by atoms with van der Waals surface area (Å²) in [4.78, 5) is 25.9. The SMILES string of the molecule is Cc1ccc(C(=O)Nc2cc(C(F)(F)F)ccn2)cc1-n1cc(-c2cncc(N3C[C@H]4C[C@@H]3CN4C)c2)nn1. The predicted octanol–water partition coefficient (Wildman–Crippen LogP) is 4.20. The van der Waals surface area contributed by atoms with Crippen molar-refractivity contribution >= 4 is 17.4 Å². The van der Waals surface area contributed by atoms with Crippen LogP contribution in [0.1, 0.15) is 27.9 Å². The minimum absolute atomic E-state index is 0.190. The highest BCUT2D eigenvalue weighted by Crippen LogP contribution is 2.35. The Bertz CT molecular complexity index is 1550. The summed E-state index contributed by atoms with van der Waals surface area (Å²) >= 11 is 0. The first-order chi connectivity index (χ1) is 18.7. The van der Waals surface area contributed by atoms with Crippen LogP contribution in [0.5, 0.6) is 0 Å². The van der Waals surface area contributed by atoms with Gasteiger partial charge in [0.2, 0.25) is 0 Å². The van der Waals surface area contributed by atoms with Crippen molar-refractivity contribution in [1.29, 1.82) is 0 Å². The van der Waals surface area contributed by atoms with Gasteiger partial charge in [-0.25, -0.2) is 9.67 Å². The van der Waals surface area contributed by atoms with Crippen molar-refractivity contribution in [2.45, 2.75) is 31.6 Å². The molecular weight excluding hydrogens is 509 g/mol. The van der Waals surface area contributed by atoms with Crippen molar-refractivity contribution in [1.82, 2.24) is 29.9 Å². The van der Waals surface area contributed by atoms with E-state index in [1.54, 1.807) is 35.3 Å². The van der Waals surface area contributed by atoms with E-state index in [2.05, 4.69) is 48.5 Å². The Balaban J connectivity index is 1.22. The van der Waals surface area contributed by atoms with Crippen molar-refractivity contribution in [3.63, 3.8) is 0 Å². The van der Waals surface area contributed by atoms with Gasteiger partial charge in [-0.1, -0.05) is 11.3 Å². The first-order valence-electron chi connectivity index (χ1n) is 12.5. The van der Waals surface area contributed by atoms with E-state index in [-0.39, 0.29) is 11.4 Å². The van der Waals surface area contributed by atoms with E-state index >= 15 is 0 Å². The van der Waals surface area contributed by atoms with Crippen LogP contribution in [0, 0.1) is 6.92 Å². The number of fused-ring (bicyclic) bond motifs is 2. The number of carbonyl (C=O) groups excluding carboxylic acids is 1. The smallest absolute Gasteiger partial charge is 0.364 e. The fourth-order valence-corrected chi connectivity index (χ4v) is 5.28. The molecule has 0 aliphatic carbocycles. The summed E-state index contributed by atoms with van der Waals surface area (Å²) < 4.78 is 40.6. The molecule has 0 saturated carbocycles. The molecule has 1 aromatic carbocycles. The van der Waals surface area contributed by atoms with Gasteiger partial charge in [-0.15, -0.1) is 5.10 Å². The van der Waals surface area contributed by atoms with E-state index in [4.69, 9.17) is 0 Å². The lowest BCUT2D eigenvalue weighted by atomic mass is 10.1. The number of likely N-dealkylation sites (tertiary alicyclic amines) is 1. The third kappa shape index (κ3) is 4.83. The number of anilines is 2. The second-order valence-corrected chi connectivity index (χ2v) is 10.00. The molecule has 6 rings (SSSR count). The molecule has 2 fully saturated rings. The monoisotopic (exact) mass is 534 g/mol. The van der Waals surface area contributed by atoms with Crippen LogP contribution in [0.4, 0.5) is 24.7 Å². The van der Waals surface area contributed by atoms with Gasteiger partial charge in [0.05, 0.1) is 29.3 Å². The molecule has 39 heavy (non-hydrogen) atoms. The standard InChI is InChI=1S/C27H25F3N8O/c1-16-3-4-17(26(39)33-25-9-19(5-6-32-25)27(28,29)30)8-24(16)38-15-23(34-35-38)18-7-20(12-31-11-18)37-14-21-10-22(37)13-36(21)2/h3-9,11-12,15,21-22H,10,13-14H2,1-2H3,(H,32,33,39)/t21-,22-/m1/s1. The molecule has 0 unspecified atom stereocenters. The van der Waals surface area contributed by atoms with E-state index in [0.717, 1.165) is 54.7 Å². The van der Waals surface area contributed by atoms with Crippen molar-refractivity contribution < 1.29 is 18.0 Å². The number of benzene rings is 1. The second kappa shape index (κ2) is 9.45. The van der Waals surface area contributed by atoms with Crippen LogP contribution < -0.4 is 10.2 Å². The molecule has 2 saturated heterocycles. The van der Waals surface area contributed by atoms with Crippen molar-refractivity contribution in [3.8, 4) is 16.9 Å². The summed E-state index contributed by atoms with van der Waals surface area (Å²) in [6.45, 7) is 3.88. The minimum atomic E-state index is -4.54. The van der Waals surface area contributed by atoms with Gasteiger partial charge in [-0.2, -0.15) is 13.2 Å². The van der Waals surface area contributed by atoms with Crippen LogP contribution in [0.25, 0.3) is 16.9 Å². The number of piperazine rings is 1. The van der Waals surface area contributed by atoms with E-state index in [1.165, 1.54) is 0 Å². The van der Waals surface area contributed by atoms with Gasteiger partial charge in [-0.05, 0) is 56.3 Å². The van der Waals surface area contributed by atoms with Crippen molar-refractivity contribution in [3.05, 3.63) is 77.9 Å². The Labute approximate surface area is 222 Å². The Morgan fingerprint density at radius 1 is 1.08 bits per heavy atom. The number of halogens is 3. The van der Waals surface area contributed by atoms with E-state index < -0.39 is 17.6 Å². The number of carbonyl (C=O) groups is 1. The van der Waals surface area contributed by atoms with Crippen LogP contribution in [0.15, 0.2) is 61.2 Å². The fraction of sp³-hybridized carbons (Fsp3) is 0.296. The lowest BCUT2D eigenvalue weighted by Crippen LogP contribution is -2.44. The van der Waals surface area contributed by atoms with Gasteiger partial charge in [0.25, 0.3) is 5.91 Å². The van der Waals surface area contributed by atoms with E-state index in [1.807, 2.05) is 13.1 Å². The molecule has 12 heteroatoms. The van der Waals surface area contributed by atoms with E-state index in [0.29, 0.717) is 23.5 Å². The third-order valence-electron chi connectivity index (χ3n) is 7.41. The highest BCUT2D eigenvalue weighted by Gasteiger charge is 2.41. The van der Waals surface area contributed by atoms with Crippen LogP contribution >= 0.6 is 0 Å². The van der Waals surface area contributed by atoms with Crippen LogP contribution in [0.3, 0.4) is 0 Å². The molecule has 2 atom stereocenters. The maximum atomic E-state index is 13.0. The summed E-state index contributed by atoms with van der Waals surface area (Å²) in [5.74, 6) is -0.781. The van der Waals surface area contributed by atoms with Gasteiger partial charge in [-0.3, -0.25) is 14.7 Å². The first-order valence-corrected chi connectivity index (χ1v) is 12.5. The number of alkyl halides is 3. The second-order valence-electron chi connectivity index (χ2n) is 10.00. The number of pyridine rings is 2. The average molecular weight is 535 g/mol. The first kappa shape index (κ1) is 25.0. The Hall–Kier alpha value is -4.32. The lowest BCUT2D eigenvalue weighted by Gasteiger charge is -2.33. The molecule has 2 aliphatic rings. The molecular formula is C27H25F3N8O. The molecule has 2 bridgehead atoms. The Kier molecular flexibility index (Phi) is 6.06. The van der Waals surface area contributed by atoms with Gasteiger partial charge < -0.3 is 10.2 Å². The van der Waals surface area contributed by atoms with Crippen LogP contribution in [-0.4, -0.2) is 68.0 Å². The number of likely N-dealkylation sites (N-methyl/N-ethyl adjacent to an activating group) is 1. The number of hydrogen-bond acceptors (Lipinski definition) is 7. The zero-order valence-electron chi connectivity index (χ0n) is 21.2. The number of amides is 1. The topological polar surface area (TPSA) is 92.1 Å². The zero-order valence-corrected chi connectivity index (χ0v) is 21.2. The predicted molar refractivity (Wildman–Crippen MR) is 139 cm³/mol. The van der Waals surface area contributed by atoms with Crippen LogP contribution in [0.2, 0.25) is 0 Å². The lowest BCUT2D eigenvalue weighted by molar-refractivity contribution is -0.137. The number of rotatable bonds is 5. The van der Waals surface area contributed by atoms with Gasteiger partial charge in [0.1, 0.15) is 11.5 Å².